The fourth-order valence-corrected chi connectivity index (χ4v) is 2.97. The second-order valence-electron chi connectivity index (χ2n) is 6.92. The highest BCUT2D eigenvalue weighted by molar-refractivity contribution is 5.85. The molecule has 2 aromatic rings. The lowest BCUT2D eigenvalue weighted by atomic mass is 9.77. The number of aromatic nitrogens is 4. The molecule has 0 spiro atoms. The number of rotatable bonds is 5. The van der Waals surface area contributed by atoms with Gasteiger partial charge in [0.05, 0.1) is 17.7 Å². The van der Waals surface area contributed by atoms with Crippen molar-refractivity contribution in [2.75, 3.05) is 0 Å². The van der Waals surface area contributed by atoms with Crippen LogP contribution in [0.15, 0.2) is 4.52 Å². The van der Waals surface area contributed by atoms with E-state index >= 15 is 0 Å². The van der Waals surface area contributed by atoms with Gasteiger partial charge in [-0.15, -0.1) is 12.4 Å². The zero-order chi connectivity index (χ0) is 15.9. The maximum absolute atomic E-state index is 6.25. The molecule has 0 atom stereocenters. The number of aryl methyl sites for hydroxylation is 1. The highest BCUT2D eigenvalue weighted by Crippen LogP contribution is 2.37. The number of hydrogen-bond donors (Lipinski definition) is 1. The van der Waals surface area contributed by atoms with Crippen molar-refractivity contribution in [3.8, 4) is 0 Å². The van der Waals surface area contributed by atoms with Gasteiger partial charge in [-0.3, -0.25) is 4.68 Å². The van der Waals surface area contributed by atoms with Crippen LogP contribution in [0.1, 0.15) is 61.8 Å². The first-order chi connectivity index (χ1) is 10.4. The van der Waals surface area contributed by atoms with E-state index in [1.807, 2.05) is 6.92 Å². The molecule has 1 aliphatic rings. The SMILES string of the molecule is Cc1nn(CC(C)C)c(C)c1Cc1nc(C2(N)CCC2)no1.Cl. The quantitative estimate of drug-likeness (QED) is 0.905. The van der Waals surface area contributed by atoms with E-state index in [4.69, 9.17) is 10.3 Å². The van der Waals surface area contributed by atoms with Gasteiger partial charge in [0.25, 0.3) is 0 Å². The van der Waals surface area contributed by atoms with Crippen LogP contribution in [0.5, 0.6) is 0 Å². The van der Waals surface area contributed by atoms with Crippen molar-refractivity contribution in [1.29, 1.82) is 0 Å². The van der Waals surface area contributed by atoms with Crippen molar-refractivity contribution in [1.82, 2.24) is 19.9 Å². The summed E-state index contributed by atoms with van der Waals surface area (Å²) in [5.41, 5.74) is 9.27. The molecule has 0 bridgehead atoms. The minimum atomic E-state index is -0.367. The van der Waals surface area contributed by atoms with E-state index in [1.54, 1.807) is 0 Å². The van der Waals surface area contributed by atoms with Crippen molar-refractivity contribution in [2.45, 2.75) is 65.5 Å². The molecule has 6 nitrogen and oxygen atoms in total. The molecule has 1 fully saturated rings. The standard InChI is InChI=1S/C16H25N5O.ClH/c1-10(2)9-21-12(4)13(11(3)19-21)8-14-18-15(20-22-14)16(17)6-5-7-16;/h10H,5-9,17H2,1-4H3;1H. The average molecular weight is 340 g/mol. The molecular formula is C16H26ClN5O. The lowest BCUT2D eigenvalue weighted by Gasteiger charge is -2.34. The Bertz CT molecular complexity index is 672. The van der Waals surface area contributed by atoms with Gasteiger partial charge >= 0.3 is 0 Å². The highest BCUT2D eigenvalue weighted by Gasteiger charge is 2.39. The fourth-order valence-electron chi connectivity index (χ4n) is 2.97. The molecule has 1 aliphatic carbocycles. The first-order valence-corrected chi connectivity index (χ1v) is 8.04. The summed E-state index contributed by atoms with van der Waals surface area (Å²) in [7, 11) is 0. The minimum absolute atomic E-state index is 0. The largest absolute Gasteiger partial charge is 0.339 e. The maximum atomic E-state index is 6.25. The Labute approximate surface area is 143 Å². The molecule has 128 valence electrons. The summed E-state index contributed by atoms with van der Waals surface area (Å²) < 4.78 is 7.49. The van der Waals surface area contributed by atoms with Gasteiger partial charge in [0, 0.05) is 17.8 Å². The molecule has 0 aromatic carbocycles. The maximum Gasteiger partial charge on any atom is 0.231 e. The predicted molar refractivity (Wildman–Crippen MR) is 90.6 cm³/mol. The van der Waals surface area contributed by atoms with Crippen molar-refractivity contribution in [3.05, 3.63) is 28.7 Å². The van der Waals surface area contributed by atoms with E-state index in [0.717, 1.165) is 31.5 Å². The Morgan fingerprint density at radius 3 is 2.57 bits per heavy atom. The van der Waals surface area contributed by atoms with E-state index in [-0.39, 0.29) is 17.9 Å². The van der Waals surface area contributed by atoms with Gasteiger partial charge in [-0.05, 0) is 39.0 Å². The molecule has 23 heavy (non-hydrogen) atoms. The summed E-state index contributed by atoms with van der Waals surface area (Å²) in [5, 5.41) is 8.71. The Morgan fingerprint density at radius 1 is 1.30 bits per heavy atom. The van der Waals surface area contributed by atoms with Gasteiger partial charge in [-0.1, -0.05) is 19.0 Å². The Kier molecular flexibility index (Phi) is 5.16. The molecule has 0 radical (unpaired) electrons. The number of halogens is 1. The lowest BCUT2D eigenvalue weighted by molar-refractivity contribution is 0.229. The molecule has 2 aromatic heterocycles. The zero-order valence-electron chi connectivity index (χ0n) is 14.3. The minimum Gasteiger partial charge on any atom is -0.339 e. The van der Waals surface area contributed by atoms with Crippen molar-refractivity contribution >= 4 is 12.4 Å². The predicted octanol–water partition coefficient (Wildman–Crippen LogP) is 2.89. The number of nitrogens with two attached hydrogens (primary N) is 1. The van der Waals surface area contributed by atoms with E-state index < -0.39 is 0 Å². The summed E-state index contributed by atoms with van der Waals surface area (Å²) in [6.07, 6.45) is 3.64. The van der Waals surface area contributed by atoms with Gasteiger partial charge in [-0.25, -0.2) is 0 Å². The zero-order valence-corrected chi connectivity index (χ0v) is 15.1. The molecule has 0 unspecified atom stereocenters. The Morgan fingerprint density at radius 2 is 2.00 bits per heavy atom. The molecule has 2 heterocycles. The van der Waals surface area contributed by atoms with Crippen LogP contribution in [0.3, 0.4) is 0 Å². The van der Waals surface area contributed by atoms with Gasteiger partial charge in [0.2, 0.25) is 5.89 Å². The second-order valence-corrected chi connectivity index (χ2v) is 6.92. The normalized spacial score (nSPS) is 16.3. The van der Waals surface area contributed by atoms with Crippen molar-refractivity contribution < 1.29 is 4.52 Å². The summed E-state index contributed by atoms with van der Waals surface area (Å²) >= 11 is 0. The van der Waals surface area contributed by atoms with E-state index in [1.165, 1.54) is 11.3 Å². The molecule has 2 N–H and O–H groups in total. The summed E-state index contributed by atoms with van der Waals surface area (Å²) in [6.45, 7) is 9.45. The van der Waals surface area contributed by atoms with E-state index in [9.17, 15) is 0 Å². The Hall–Kier alpha value is -1.40. The number of hydrogen-bond acceptors (Lipinski definition) is 5. The first-order valence-electron chi connectivity index (χ1n) is 8.04. The third-order valence-corrected chi connectivity index (χ3v) is 4.56. The van der Waals surface area contributed by atoms with E-state index in [0.29, 0.717) is 24.1 Å². The van der Waals surface area contributed by atoms with Crippen molar-refractivity contribution in [3.63, 3.8) is 0 Å². The van der Waals surface area contributed by atoms with Crippen molar-refractivity contribution in [2.24, 2.45) is 11.7 Å². The third-order valence-electron chi connectivity index (χ3n) is 4.56. The summed E-state index contributed by atoms with van der Waals surface area (Å²) in [6, 6.07) is 0. The topological polar surface area (TPSA) is 82.8 Å². The molecule has 0 saturated heterocycles. The monoisotopic (exact) mass is 339 g/mol. The van der Waals surface area contributed by atoms with Crippen LogP contribution in [0, 0.1) is 19.8 Å². The lowest BCUT2D eigenvalue weighted by Crippen LogP contribution is -2.44. The smallest absolute Gasteiger partial charge is 0.231 e. The fraction of sp³-hybridized carbons (Fsp3) is 0.688. The van der Waals surface area contributed by atoms with Crippen LogP contribution in [0.25, 0.3) is 0 Å². The summed E-state index contributed by atoms with van der Waals surface area (Å²) in [5.74, 6) is 1.84. The molecule has 0 aliphatic heterocycles. The molecule has 3 rings (SSSR count). The number of nitrogens with zero attached hydrogens (tertiary/aromatic N) is 4. The van der Waals surface area contributed by atoms with E-state index in [2.05, 4.69) is 40.7 Å². The van der Waals surface area contributed by atoms with Crippen LogP contribution in [0.2, 0.25) is 0 Å². The van der Waals surface area contributed by atoms with Gasteiger partial charge in [0.1, 0.15) is 0 Å². The second kappa shape index (κ2) is 6.61. The van der Waals surface area contributed by atoms with Gasteiger partial charge < -0.3 is 10.3 Å². The molecule has 7 heteroatoms. The third kappa shape index (κ3) is 3.43. The van der Waals surface area contributed by atoms with Gasteiger partial charge in [0.15, 0.2) is 5.82 Å². The molecular weight excluding hydrogens is 314 g/mol. The van der Waals surface area contributed by atoms with Gasteiger partial charge in [-0.2, -0.15) is 10.1 Å². The Balaban J connectivity index is 0.00000192. The highest BCUT2D eigenvalue weighted by atomic mass is 35.5. The summed E-state index contributed by atoms with van der Waals surface area (Å²) in [4.78, 5) is 4.51. The molecule has 1 saturated carbocycles. The van der Waals surface area contributed by atoms with Crippen LogP contribution in [-0.4, -0.2) is 19.9 Å². The van der Waals surface area contributed by atoms with Crippen LogP contribution >= 0.6 is 12.4 Å². The molecule has 0 amide bonds. The van der Waals surface area contributed by atoms with Crippen LogP contribution in [0.4, 0.5) is 0 Å². The van der Waals surface area contributed by atoms with Crippen LogP contribution in [-0.2, 0) is 18.5 Å². The first kappa shape index (κ1) is 17.9. The van der Waals surface area contributed by atoms with Crippen LogP contribution < -0.4 is 5.73 Å². The average Bonchev–Trinajstić information content (AvgIpc) is 2.97.